The zero-order valence-corrected chi connectivity index (χ0v) is 9.58. The Morgan fingerprint density at radius 2 is 2.17 bits per heavy atom. The van der Waals surface area contributed by atoms with E-state index < -0.39 is 5.97 Å². The van der Waals surface area contributed by atoms with Crippen molar-refractivity contribution in [3.8, 4) is 22.9 Å². The average molecular weight is 246 g/mol. The van der Waals surface area contributed by atoms with Gasteiger partial charge in [0.1, 0.15) is 11.5 Å². The summed E-state index contributed by atoms with van der Waals surface area (Å²) in [6, 6.07) is 5.39. The summed E-state index contributed by atoms with van der Waals surface area (Å²) < 4.78 is 12.0. The topological polar surface area (TPSA) is 73.6 Å². The van der Waals surface area contributed by atoms with Gasteiger partial charge in [0.2, 0.25) is 6.79 Å². The lowest BCUT2D eigenvalue weighted by molar-refractivity contribution is 0.0686. The number of benzene rings is 1. The standard InChI is InChI=1S/C12H10N2O4/c1-14-8(12(15)16)5-13-11(14)7-2-3-9-10(4-7)18-6-17-9/h2-5H,6H2,1H3,(H,15,16). The molecule has 0 amide bonds. The molecule has 0 radical (unpaired) electrons. The number of hydrogen-bond donors (Lipinski definition) is 1. The molecule has 92 valence electrons. The van der Waals surface area contributed by atoms with E-state index in [4.69, 9.17) is 14.6 Å². The number of carboxylic acid groups (broad SMARTS) is 1. The summed E-state index contributed by atoms with van der Waals surface area (Å²) in [6.07, 6.45) is 1.34. The number of imidazole rings is 1. The zero-order chi connectivity index (χ0) is 12.7. The van der Waals surface area contributed by atoms with Crippen molar-refractivity contribution in [1.82, 2.24) is 9.55 Å². The van der Waals surface area contributed by atoms with Crippen molar-refractivity contribution in [1.29, 1.82) is 0 Å². The minimum atomic E-state index is -1.00. The molecular weight excluding hydrogens is 236 g/mol. The Morgan fingerprint density at radius 1 is 1.39 bits per heavy atom. The quantitative estimate of drug-likeness (QED) is 0.869. The maximum atomic E-state index is 10.9. The minimum absolute atomic E-state index is 0.141. The molecule has 0 atom stereocenters. The number of hydrogen-bond acceptors (Lipinski definition) is 4. The molecule has 3 rings (SSSR count). The summed E-state index contributed by atoms with van der Waals surface area (Å²) in [5, 5.41) is 8.98. The molecule has 0 saturated heterocycles. The SMILES string of the molecule is Cn1c(C(=O)O)cnc1-c1ccc2c(c1)OCO2. The predicted molar refractivity (Wildman–Crippen MR) is 61.7 cm³/mol. The van der Waals surface area contributed by atoms with Crippen LogP contribution in [-0.4, -0.2) is 27.4 Å². The lowest BCUT2D eigenvalue weighted by Crippen LogP contribution is -2.05. The highest BCUT2D eigenvalue weighted by Gasteiger charge is 2.18. The smallest absolute Gasteiger partial charge is 0.354 e. The van der Waals surface area contributed by atoms with Crippen LogP contribution in [0.2, 0.25) is 0 Å². The van der Waals surface area contributed by atoms with Crippen LogP contribution in [0, 0.1) is 0 Å². The van der Waals surface area contributed by atoms with Gasteiger partial charge in [0.15, 0.2) is 11.5 Å². The molecule has 0 unspecified atom stereocenters. The van der Waals surface area contributed by atoms with Gasteiger partial charge in [0.25, 0.3) is 0 Å². The molecule has 0 spiro atoms. The van der Waals surface area contributed by atoms with Crippen LogP contribution in [0.3, 0.4) is 0 Å². The van der Waals surface area contributed by atoms with Crippen LogP contribution in [0.25, 0.3) is 11.4 Å². The first-order valence-electron chi connectivity index (χ1n) is 5.32. The Hall–Kier alpha value is -2.50. The van der Waals surface area contributed by atoms with Gasteiger partial charge in [-0.2, -0.15) is 0 Å². The molecule has 1 N–H and O–H groups in total. The van der Waals surface area contributed by atoms with E-state index in [1.54, 1.807) is 19.2 Å². The first-order valence-corrected chi connectivity index (χ1v) is 5.32. The number of rotatable bonds is 2. The number of carbonyl (C=O) groups is 1. The zero-order valence-electron chi connectivity index (χ0n) is 9.58. The monoisotopic (exact) mass is 246 g/mol. The minimum Gasteiger partial charge on any atom is -0.477 e. The first-order chi connectivity index (χ1) is 8.66. The second-order valence-electron chi connectivity index (χ2n) is 3.90. The van der Waals surface area contributed by atoms with Gasteiger partial charge in [-0.05, 0) is 18.2 Å². The molecular formula is C12H10N2O4. The fourth-order valence-electron chi connectivity index (χ4n) is 1.91. The second-order valence-corrected chi connectivity index (χ2v) is 3.90. The fraction of sp³-hybridized carbons (Fsp3) is 0.167. The molecule has 0 fully saturated rings. The number of fused-ring (bicyclic) bond motifs is 1. The van der Waals surface area contributed by atoms with Gasteiger partial charge in [-0.25, -0.2) is 9.78 Å². The fourth-order valence-corrected chi connectivity index (χ4v) is 1.91. The lowest BCUT2D eigenvalue weighted by atomic mass is 10.2. The molecule has 6 heteroatoms. The van der Waals surface area contributed by atoms with Gasteiger partial charge in [-0.15, -0.1) is 0 Å². The van der Waals surface area contributed by atoms with E-state index in [-0.39, 0.29) is 12.5 Å². The van der Waals surface area contributed by atoms with Crippen molar-refractivity contribution < 1.29 is 19.4 Å². The van der Waals surface area contributed by atoms with Crippen LogP contribution < -0.4 is 9.47 Å². The molecule has 6 nitrogen and oxygen atoms in total. The highest BCUT2D eigenvalue weighted by molar-refractivity contribution is 5.86. The molecule has 1 aliphatic heterocycles. The summed E-state index contributed by atoms with van der Waals surface area (Å²) >= 11 is 0. The molecule has 0 bridgehead atoms. The molecule has 18 heavy (non-hydrogen) atoms. The van der Waals surface area contributed by atoms with Crippen molar-refractivity contribution in [2.45, 2.75) is 0 Å². The van der Waals surface area contributed by atoms with Crippen LogP contribution in [0.15, 0.2) is 24.4 Å². The number of nitrogens with zero attached hydrogens (tertiary/aromatic N) is 2. The second kappa shape index (κ2) is 3.76. The van der Waals surface area contributed by atoms with Crippen LogP contribution in [0.5, 0.6) is 11.5 Å². The van der Waals surface area contributed by atoms with E-state index in [1.165, 1.54) is 10.8 Å². The van der Waals surface area contributed by atoms with Crippen LogP contribution in [0.4, 0.5) is 0 Å². The van der Waals surface area contributed by atoms with Crippen molar-refractivity contribution in [2.75, 3.05) is 6.79 Å². The molecule has 1 aromatic heterocycles. The summed E-state index contributed by atoms with van der Waals surface area (Å²) in [4.78, 5) is 15.1. The van der Waals surface area contributed by atoms with Crippen molar-refractivity contribution in [3.05, 3.63) is 30.1 Å². The highest BCUT2D eigenvalue weighted by atomic mass is 16.7. The summed E-state index contributed by atoms with van der Waals surface area (Å²) in [5.74, 6) is 0.904. The van der Waals surface area contributed by atoms with E-state index in [2.05, 4.69) is 4.98 Å². The molecule has 2 aromatic rings. The average Bonchev–Trinajstić information content (AvgIpc) is 2.93. The van der Waals surface area contributed by atoms with E-state index >= 15 is 0 Å². The lowest BCUT2D eigenvalue weighted by Gasteiger charge is -2.04. The number of ether oxygens (including phenoxy) is 2. The normalized spacial score (nSPS) is 12.7. The van der Waals surface area contributed by atoms with E-state index in [1.807, 2.05) is 6.07 Å². The Labute approximate surface area is 102 Å². The van der Waals surface area contributed by atoms with Crippen molar-refractivity contribution in [3.63, 3.8) is 0 Å². The van der Waals surface area contributed by atoms with Gasteiger partial charge < -0.3 is 19.1 Å². The third kappa shape index (κ3) is 1.50. The highest BCUT2D eigenvalue weighted by Crippen LogP contribution is 2.35. The Balaban J connectivity index is 2.07. The third-order valence-corrected chi connectivity index (χ3v) is 2.84. The molecule has 0 saturated carbocycles. The van der Waals surface area contributed by atoms with Gasteiger partial charge in [0.05, 0.1) is 6.20 Å². The maximum absolute atomic E-state index is 10.9. The summed E-state index contributed by atoms with van der Waals surface area (Å²) in [5.41, 5.74) is 0.928. The predicted octanol–water partition coefficient (Wildman–Crippen LogP) is 1.51. The molecule has 1 aliphatic rings. The van der Waals surface area contributed by atoms with E-state index in [9.17, 15) is 4.79 Å². The maximum Gasteiger partial charge on any atom is 0.354 e. The van der Waals surface area contributed by atoms with Crippen LogP contribution in [0.1, 0.15) is 10.5 Å². The third-order valence-electron chi connectivity index (χ3n) is 2.84. The van der Waals surface area contributed by atoms with Gasteiger partial charge >= 0.3 is 5.97 Å². The van der Waals surface area contributed by atoms with Gasteiger partial charge in [-0.3, -0.25) is 0 Å². The van der Waals surface area contributed by atoms with Crippen LogP contribution in [-0.2, 0) is 7.05 Å². The van der Waals surface area contributed by atoms with E-state index in [0.29, 0.717) is 17.3 Å². The van der Waals surface area contributed by atoms with Gasteiger partial charge in [0, 0.05) is 12.6 Å². The van der Waals surface area contributed by atoms with E-state index in [0.717, 1.165) is 5.56 Å². The first kappa shape index (κ1) is 10.6. The van der Waals surface area contributed by atoms with Crippen molar-refractivity contribution >= 4 is 5.97 Å². The molecule has 0 aliphatic carbocycles. The Bertz CT molecular complexity index is 633. The molecule has 2 heterocycles. The number of carboxylic acids is 1. The van der Waals surface area contributed by atoms with Crippen molar-refractivity contribution in [2.24, 2.45) is 7.05 Å². The Kier molecular flexibility index (Phi) is 2.22. The largest absolute Gasteiger partial charge is 0.477 e. The van der Waals surface area contributed by atoms with Gasteiger partial charge in [-0.1, -0.05) is 0 Å². The number of aromatic nitrogens is 2. The Morgan fingerprint density at radius 3 is 2.89 bits per heavy atom. The summed E-state index contributed by atoms with van der Waals surface area (Å²) in [6.45, 7) is 0.208. The summed E-state index contributed by atoms with van der Waals surface area (Å²) in [7, 11) is 1.66. The van der Waals surface area contributed by atoms with Crippen LogP contribution >= 0.6 is 0 Å². The number of aromatic carboxylic acids is 1. The molecule has 1 aromatic carbocycles.